The maximum atomic E-state index is 3.61. The maximum absolute atomic E-state index is 3.61. The largest absolute Gasteiger partial charge is 0.191 e. The Morgan fingerprint density at radius 3 is 2.20 bits per heavy atom. The van der Waals surface area contributed by atoms with Crippen LogP contribution in [0.2, 0.25) is 0 Å². The summed E-state index contributed by atoms with van der Waals surface area (Å²) in [7, 11) is 0. The minimum atomic E-state index is 0.861. The molecule has 2 heteroatoms. The standard InChI is InChI=1S/C3H5N2/c1-3-2-4-5-3/h2H2,1H3. The van der Waals surface area contributed by atoms with E-state index in [-0.39, 0.29) is 0 Å². The second kappa shape index (κ2) is 0.776. The molecule has 5 heavy (non-hydrogen) atoms. The third-order valence-corrected chi connectivity index (χ3v) is 0.541. The van der Waals surface area contributed by atoms with Crippen molar-refractivity contribution in [3.8, 4) is 0 Å². The van der Waals surface area contributed by atoms with E-state index in [1.165, 1.54) is 0 Å². The van der Waals surface area contributed by atoms with Gasteiger partial charge in [0.2, 0.25) is 0 Å². The van der Waals surface area contributed by atoms with E-state index in [1.807, 2.05) is 6.92 Å². The van der Waals surface area contributed by atoms with Crippen molar-refractivity contribution in [3.63, 3.8) is 0 Å². The van der Waals surface area contributed by atoms with Gasteiger partial charge in [0.1, 0.15) is 6.04 Å². The molecule has 0 atom stereocenters. The highest BCUT2D eigenvalue weighted by atomic mass is 15.2. The van der Waals surface area contributed by atoms with Crippen LogP contribution in [0.15, 0.2) is 10.2 Å². The second-order valence-electron chi connectivity index (χ2n) is 1.13. The van der Waals surface area contributed by atoms with Gasteiger partial charge in [0, 0.05) is 0 Å². The summed E-state index contributed by atoms with van der Waals surface area (Å²) in [5, 5.41) is 7.20. The number of hydrogen-bond acceptors (Lipinski definition) is 2. The summed E-state index contributed by atoms with van der Waals surface area (Å²) < 4.78 is 0. The molecule has 0 N–H and O–H groups in total. The quantitative estimate of drug-likeness (QED) is 0.405. The maximum Gasteiger partial charge on any atom is 0.128 e. The van der Waals surface area contributed by atoms with E-state index in [9.17, 15) is 0 Å². The van der Waals surface area contributed by atoms with Gasteiger partial charge < -0.3 is 0 Å². The number of rotatable bonds is 0. The van der Waals surface area contributed by atoms with Crippen LogP contribution in [0.3, 0.4) is 0 Å². The predicted octanol–water partition coefficient (Wildman–Crippen LogP) is 1.00. The van der Waals surface area contributed by atoms with E-state index in [2.05, 4.69) is 10.2 Å². The lowest BCUT2D eigenvalue weighted by molar-refractivity contribution is 0.720. The average Bonchev–Trinajstić information content (AvgIpc) is 1.30. The highest BCUT2D eigenvalue weighted by Gasteiger charge is 2.04. The predicted molar refractivity (Wildman–Crippen MR) is 18.6 cm³/mol. The molecular formula is C3H5N2. The zero-order valence-corrected chi connectivity index (χ0v) is 3.10. The molecule has 1 aliphatic rings. The molecule has 1 heterocycles. The Hall–Kier alpha value is -0.400. The van der Waals surface area contributed by atoms with Crippen molar-refractivity contribution in [1.29, 1.82) is 0 Å². The number of azo groups is 1. The topological polar surface area (TPSA) is 24.7 Å². The lowest BCUT2D eigenvalue weighted by Gasteiger charge is -2.04. The molecule has 0 unspecified atom stereocenters. The van der Waals surface area contributed by atoms with Crippen molar-refractivity contribution >= 4 is 0 Å². The van der Waals surface area contributed by atoms with Crippen LogP contribution in [0.25, 0.3) is 0 Å². The summed E-state index contributed by atoms with van der Waals surface area (Å²) >= 11 is 0. The van der Waals surface area contributed by atoms with Crippen LogP contribution in [0.4, 0.5) is 0 Å². The van der Waals surface area contributed by atoms with Crippen molar-refractivity contribution in [2.75, 3.05) is 6.54 Å². The van der Waals surface area contributed by atoms with Crippen molar-refractivity contribution < 1.29 is 0 Å². The van der Waals surface area contributed by atoms with Crippen molar-refractivity contribution in [1.82, 2.24) is 0 Å². The van der Waals surface area contributed by atoms with Crippen LogP contribution in [-0.2, 0) is 0 Å². The molecule has 27 valence electrons. The van der Waals surface area contributed by atoms with Gasteiger partial charge in [-0.3, -0.25) is 0 Å². The van der Waals surface area contributed by atoms with Gasteiger partial charge in [0.25, 0.3) is 0 Å². The van der Waals surface area contributed by atoms with Gasteiger partial charge in [0.05, 0.1) is 6.54 Å². The van der Waals surface area contributed by atoms with Crippen LogP contribution < -0.4 is 0 Å². The normalized spacial score (nSPS) is 22.6. The van der Waals surface area contributed by atoms with E-state index in [1.54, 1.807) is 0 Å². The summed E-state index contributed by atoms with van der Waals surface area (Å²) in [5.74, 6) is 0. The number of hydrogen-bond donors (Lipinski definition) is 0. The third-order valence-electron chi connectivity index (χ3n) is 0.541. The SMILES string of the molecule is C[C]1CN=N1. The Bertz CT molecular complexity index is 57.9. The number of nitrogens with zero attached hydrogens (tertiary/aromatic N) is 2. The molecule has 0 bridgehead atoms. The van der Waals surface area contributed by atoms with E-state index >= 15 is 0 Å². The molecule has 0 aromatic carbocycles. The molecular weight excluding hydrogens is 64.0 g/mol. The zero-order chi connectivity index (χ0) is 3.70. The van der Waals surface area contributed by atoms with Gasteiger partial charge in [-0.15, -0.1) is 0 Å². The van der Waals surface area contributed by atoms with Crippen molar-refractivity contribution in [2.24, 2.45) is 10.2 Å². The zero-order valence-electron chi connectivity index (χ0n) is 3.10. The summed E-state index contributed by atoms with van der Waals surface area (Å²) in [6, 6.07) is 1.14. The van der Waals surface area contributed by atoms with Gasteiger partial charge in [-0.05, 0) is 6.92 Å². The second-order valence-corrected chi connectivity index (χ2v) is 1.13. The van der Waals surface area contributed by atoms with E-state index < -0.39 is 0 Å². The van der Waals surface area contributed by atoms with Gasteiger partial charge in [0.15, 0.2) is 0 Å². The molecule has 1 radical (unpaired) electrons. The minimum Gasteiger partial charge on any atom is -0.191 e. The smallest absolute Gasteiger partial charge is 0.128 e. The Morgan fingerprint density at radius 1 is 1.80 bits per heavy atom. The first-order valence-electron chi connectivity index (χ1n) is 1.59. The fraction of sp³-hybridized carbons (Fsp3) is 0.667. The van der Waals surface area contributed by atoms with E-state index in [4.69, 9.17) is 0 Å². The molecule has 0 aromatic heterocycles. The van der Waals surface area contributed by atoms with Crippen LogP contribution >= 0.6 is 0 Å². The van der Waals surface area contributed by atoms with Crippen LogP contribution in [0.5, 0.6) is 0 Å². The van der Waals surface area contributed by atoms with Crippen molar-refractivity contribution in [3.05, 3.63) is 6.04 Å². The lowest BCUT2D eigenvalue weighted by Crippen LogP contribution is -1.98. The average molecular weight is 69.1 g/mol. The fourth-order valence-corrected chi connectivity index (χ4v) is 0.212. The first-order chi connectivity index (χ1) is 2.39. The molecule has 0 fully saturated rings. The van der Waals surface area contributed by atoms with Crippen LogP contribution in [-0.4, -0.2) is 6.54 Å². The van der Waals surface area contributed by atoms with Gasteiger partial charge in [-0.25, -0.2) is 0 Å². The fourth-order valence-electron chi connectivity index (χ4n) is 0.212. The molecule has 0 spiro atoms. The molecule has 1 aliphatic heterocycles. The minimum absolute atomic E-state index is 0.861. The Labute approximate surface area is 30.9 Å². The van der Waals surface area contributed by atoms with E-state index in [0.29, 0.717) is 0 Å². The lowest BCUT2D eigenvalue weighted by atomic mass is 10.3. The molecule has 2 nitrogen and oxygen atoms in total. The van der Waals surface area contributed by atoms with E-state index in [0.717, 1.165) is 12.6 Å². The summed E-state index contributed by atoms with van der Waals surface area (Å²) in [4.78, 5) is 0. The summed E-state index contributed by atoms with van der Waals surface area (Å²) in [5.41, 5.74) is 0. The Kier molecular flexibility index (Phi) is 0.437. The molecule has 0 aromatic rings. The summed E-state index contributed by atoms with van der Waals surface area (Å²) in [6.45, 7) is 2.83. The van der Waals surface area contributed by atoms with Crippen LogP contribution in [0.1, 0.15) is 6.92 Å². The van der Waals surface area contributed by atoms with Gasteiger partial charge in [-0.2, -0.15) is 10.2 Å². The first kappa shape index (κ1) is 2.82. The Morgan fingerprint density at radius 2 is 2.20 bits per heavy atom. The highest BCUT2D eigenvalue weighted by molar-refractivity contribution is 4.87. The third kappa shape index (κ3) is 0.294. The monoisotopic (exact) mass is 69.0 g/mol. The highest BCUT2D eigenvalue weighted by Crippen LogP contribution is 2.09. The first-order valence-corrected chi connectivity index (χ1v) is 1.59. The molecule has 1 rings (SSSR count). The molecule has 0 saturated carbocycles. The molecule has 0 aliphatic carbocycles. The molecule has 0 amide bonds. The van der Waals surface area contributed by atoms with Crippen LogP contribution in [0, 0.1) is 6.04 Å². The van der Waals surface area contributed by atoms with Gasteiger partial charge >= 0.3 is 0 Å². The summed E-state index contributed by atoms with van der Waals surface area (Å²) in [6.07, 6.45) is 0. The van der Waals surface area contributed by atoms with Crippen molar-refractivity contribution in [2.45, 2.75) is 6.92 Å². The van der Waals surface area contributed by atoms with Gasteiger partial charge in [-0.1, -0.05) is 0 Å². The molecule has 0 saturated heterocycles. The Balaban J connectivity index is 2.39.